The van der Waals surface area contributed by atoms with Gasteiger partial charge in [-0.2, -0.15) is 0 Å². The number of thiazole rings is 1. The monoisotopic (exact) mass is 186 g/mol. The highest BCUT2D eigenvalue weighted by molar-refractivity contribution is 7.11. The van der Waals surface area contributed by atoms with Crippen molar-refractivity contribution in [2.75, 3.05) is 19.7 Å². The number of aliphatic hydroxyl groups is 1. The number of rotatable bonds is 5. The molecular formula is C7H10N2O2S. The zero-order valence-corrected chi connectivity index (χ0v) is 7.30. The summed E-state index contributed by atoms with van der Waals surface area (Å²) >= 11 is 1.33. The van der Waals surface area contributed by atoms with Gasteiger partial charge in [-0.25, -0.2) is 4.98 Å². The van der Waals surface area contributed by atoms with E-state index in [1.165, 1.54) is 11.3 Å². The molecule has 0 aliphatic heterocycles. The average Bonchev–Trinajstić information content (AvgIpc) is 2.56. The van der Waals surface area contributed by atoms with Gasteiger partial charge in [-0.3, -0.25) is 4.79 Å². The second-order valence-corrected chi connectivity index (χ2v) is 3.06. The predicted octanol–water partition coefficient (Wildman–Crippen LogP) is -0.0923. The van der Waals surface area contributed by atoms with Crippen molar-refractivity contribution in [3.63, 3.8) is 0 Å². The standard InChI is InChI=1S/C7H10N2O2S/c10-3-1-8-5-6(11)7-9-2-4-12-7/h2,4,8,10H,1,3,5H2. The molecule has 0 amide bonds. The van der Waals surface area contributed by atoms with E-state index in [1.807, 2.05) is 0 Å². The molecule has 4 nitrogen and oxygen atoms in total. The molecule has 0 saturated carbocycles. The summed E-state index contributed by atoms with van der Waals surface area (Å²) < 4.78 is 0. The Morgan fingerprint density at radius 1 is 1.75 bits per heavy atom. The van der Waals surface area contributed by atoms with Crippen molar-refractivity contribution in [3.05, 3.63) is 16.6 Å². The van der Waals surface area contributed by atoms with Crippen LogP contribution in [0.1, 0.15) is 9.80 Å². The van der Waals surface area contributed by atoms with Crippen LogP contribution in [-0.4, -0.2) is 35.6 Å². The molecule has 0 aliphatic rings. The Labute approximate surface area is 74.3 Å². The Hall–Kier alpha value is -0.780. The van der Waals surface area contributed by atoms with Crippen LogP contribution in [0.3, 0.4) is 0 Å². The summed E-state index contributed by atoms with van der Waals surface area (Å²) in [5.41, 5.74) is 0. The maximum atomic E-state index is 11.2. The number of ketones is 1. The van der Waals surface area contributed by atoms with Crippen molar-refractivity contribution in [3.8, 4) is 0 Å². The molecular weight excluding hydrogens is 176 g/mol. The van der Waals surface area contributed by atoms with Crippen LogP contribution in [0.2, 0.25) is 0 Å². The van der Waals surface area contributed by atoms with Crippen molar-refractivity contribution in [1.29, 1.82) is 0 Å². The van der Waals surface area contributed by atoms with Gasteiger partial charge in [0.15, 0.2) is 5.01 Å². The molecule has 66 valence electrons. The first kappa shape index (κ1) is 9.31. The summed E-state index contributed by atoms with van der Waals surface area (Å²) in [7, 11) is 0. The van der Waals surface area contributed by atoms with E-state index >= 15 is 0 Å². The van der Waals surface area contributed by atoms with Gasteiger partial charge in [-0.1, -0.05) is 0 Å². The Bertz CT molecular complexity index is 236. The highest BCUT2D eigenvalue weighted by Gasteiger charge is 2.06. The van der Waals surface area contributed by atoms with Crippen LogP contribution in [0.25, 0.3) is 0 Å². The third-order valence-corrected chi connectivity index (χ3v) is 2.06. The number of aromatic nitrogens is 1. The van der Waals surface area contributed by atoms with Gasteiger partial charge in [0.05, 0.1) is 13.2 Å². The third-order valence-electron chi connectivity index (χ3n) is 1.24. The molecule has 1 heterocycles. The molecule has 0 unspecified atom stereocenters. The molecule has 1 rings (SSSR count). The van der Waals surface area contributed by atoms with E-state index in [0.29, 0.717) is 11.6 Å². The lowest BCUT2D eigenvalue weighted by Crippen LogP contribution is -2.25. The highest BCUT2D eigenvalue weighted by Crippen LogP contribution is 2.03. The lowest BCUT2D eigenvalue weighted by Gasteiger charge is -1.97. The number of nitrogens with zero attached hydrogens (tertiary/aromatic N) is 1. The van der Waals surface area contributed by atoms with Gasteiger partial charge >= 0.3 is 0 Å². The van der Waals surface area contributed by atoms with Gasteiger partial charge < -0.3 is 10.4 Å². The van der Waals surface area contributed by atoms with Crippen LogP contribution in [0.4, 0.5) is 0 Å². The van der Waals surface area contributed by atoms with Crippen LogP contribution < -0.4 is 5.32 Å². The van der Waals surface area contributed by atoms with Crippen LogP contribution in [0, 0.1) is 0 Å². The van der Waals surface area contributed by atoms with Crippen LogP contribution in [0.5, 0.6) is 0 Å². The maximum Gasteiger partial charge on any atom is 0.205 e. The first-order chi connectivity index (χ1) is 5.84. The fraction of sp³-hybridized carbons (Fsp3) is 0.429. The minimum Gasteiger partial charge on any atom is -0.395 e. The number of Topliss-reactive ketones (excluding diaryl/α,β-unsaturated/α-hetero) is 1. The van der Waals surface area contributed by atoms with E-state index in [0.717, 1.165) is 0 Å². The van der Waals surface area contributed by atoms with Crippen molar-refractivity contribution >= 4 is 17.1 Å². The number of hydrogen-bond donors (Lipinski definition) is 2. The molecule has 1 aromatic heterocycles. The number of hydrogen-bond acceptors (Lipinski definition) is 5. The molecule has 5 heteroatoms. The van der Waals surface area contributed by atoms with E-state index in [9.17, 15) is 4.79 Å². The summed E-state index contributed by atoms with van der Waals surface area (Å²) in [5, 5.41) is 13.5. The molecule has 0 fully saturated rings. The second kappa shape index (κ2) is 4.97. The first-order valence-corrected chi connectivity index (χ1v) is 4.47. The number of carbonyl (C=O) groups is 1. The van der Waals surface area contributed by atoms with Gasteiger partial charge in [-0.05, 0) is 0 Å². The van der Waals surface area contributed by atoms with Gasteiger partial charge in [0.1, 0.15) is 0 Å². The molecule has 0 aromatic carbocycles. The van der Waals surface area contributed by atoms with Gasteiger partial charge in [-0.15, -0.1) is 11.3 Å². The largest absolute Gasteiger partial charge is 0.395 e. The summed E-state index contributed by atoms with van der Waals surface area (Å²) in [6.07, 6.45) is 1.60. The van der Waals surface area contributed by atoms with E-state index < -0.39 is 0 Å². The van der Waals surface area contributed by atoms with Gasteiger partial charge in [0.25, 0.3) is 0 Å². The van der Waals surface area contributed by atoms with Crippen molar-refractivity contribution in [1.82, 2.24) is 10.3 Å². The quantitative estimate of drug-likeness (QED) is 0.498. The minimum absolute atomic E-state index is 0.0292. The third kappa shape index (κ3) is 2.69. The molecule has 0 saturated heterocycles. The SMILES string of the molecule is O=C(CNCCO)c1nccs1. The predicted molar refractivity (Wildman–Crippen MR) is 46.4 cm³/mol. The van der Waals surface area contributed by atoms with Crippen molar-refractivity contribution in [2.24, 2.45) is 0 Å². The minimum atomic E-state index is -0.0292. The van der Waals surface area contributed by atoms with E-state index in [-0.39, 0.29) is 18.9 Å². The Morgan fingerprint density at radius 2 is 2.58 bits per heavy atom. The number of aliphatic hydroxyl groups excluding tert-OH is 1. The van der Waals surface area contributed by atoms with Crippen LogP contribution in [-0.2, 0) is 0 Å². The smallest absolute Gasteiger partial charge is 0.205 e. The molecule has 0 radical (unpaired) electrons. The fourth-order valence-corrected chi connectivity index (χ4v) is 1.29. The molecule has 1 aromatic rings. The topological polar surface area (TPSA) is 62.2 Å². The Balaban J connectivity index is 2.30. The summed E-state index contributed by atoms with van der Waals surface area (Å²) in [4.78, 5) is 15.0. The first-order valence-electron chi connectivity index (χ1n) is 3.59. The molecule has 12 heavy (non-hydrogen) atoms. The van der Waals surface area contributed by atoms with Gasteiger partial charge in [0.2, 0.25) is 5.78 Å². The van der Waals surface area contributed by atoms with Crippen molar-refractivity contribution < 1.29 is 9.90 Å². The zero-order chi connectivity index (χ0) is 8.81. The molecule has 0 aliphatic carbocycles. The fourth-order valence-electron chi connectivity index (χ4n) is 0.718. The summed E-state index contributed by atoms with van der Waals surface area (Å²) in [5.74, 6) is -0.0292. The molecule has 2 N–H and O–H groups in total. The molecule has 0 atom stereocenters. The molecule has 0 spiro atoms. The van der Waals surface area contributed by atoms with Gasteiger partial charge in [0, 0.05) is 18.1 Å². The van der Waals surface area contributed by atoms with Crippen LogP contribution in [0.15, 0.2) is 11.6 Å². The lowest BCUT2D eigenvalue weighted by molar-refractivity contribution is 0.0989. The maximum absolute atomic E-state index is 11.2. The number of carbonyl (C=O) groups excluding carboxylic acids is 1. The zero-order valence-electron chi connectivity index (χ0n) is 6.49. The summed E-state index contributed by atoms with van der Waals surface area (Å²) in [6.45, 7) is 0.732. The second-order valence-electron chi connectivity index (χ2n) is 2.16. The molecule has 0 bridgehead atoms. The lowest BCUT2D eigenvalue weighted by atomic mass is 10.4. The Morgan fingerprint density at radius 3 is 3.17 bits per heavy atom. The van der Waals surface area contributed by atoms with E-state index in [1.54, 1.807) is 11.6 Å². The average molecular weight is 186 g/mol. The van der Waals surface area contributed by atoms with Crippen molar-refractivity contribution in [2.45, 2.75) is 0 Å². The summed E-state index contributed by atoms with van der Waals surface area (Å²) in [6, 6.07) is 0. The van der Waals surface area contributed by atoms with Crippen LogP contribution >= 0.6 is 11.3 Å². The van der Waals surface area contributed by atoms with E-state index in [2.05, 4.69) is 10.3 Å². The Kier molecular flexibility index (Phi) is 3.86. The number of nitrogens with one attached hydrogen (secondary N) is 1. The highest BCUT2D eigenvalue weighted by atomic mass is 32.1. The normalized spacial score (nSPS) is 10.1. The van der Waals surface area contributed by atoms with E-state index in [4.69, 9.17) is 5.11 Å².